The number of carbonyl (C=O) groups is 2. The number of benzene rings is 1. The molecular formula is C26H24ClF3N6O4S2. The number of fused-ring (bicyclic) bond motifs is 7. The van der Waals surface area contributed by atoms with Crippen LogP contribution < -0.4 is 10.6 Å². The van der Waals surface area contributed by atoms with Gasteiger partial charge >= 0.3 is 6.18 Å². The van der Waals surface area contributed by atoms with Gasteiger partial charge < -0.3 is 15.5 Å². The molecule has 3 aliphatic heterocycles. The Morgan fingerprint density at radius 2 is 1.83 bits per heavy atom. The summed E-state index contributed by atoms with van der Waals surface area (Å²) in [4.78, 5) is 36.7. The molecule has 0 fully saturated rings. The summed E-state index contributed by atoms with van der Waals surface area (Å²) in [5.41, 5.74) is 0.649. The highest BCUT2D eigenvalue weighted by Crippen LogP contribution is 2.42. The SMILES string of the molecule is O=C1CCN2CCS(=O)(=O)c3cc(sc3C2=O)-c2nc(ncc2C(F)(F)F)Nc2cc3c(cc2Cl)CCN(CCN1)C3. The quantitative estimate of drug-likeness (QED) is 0.381. The number of amides is 2. The van der Waals surface area contributed by atoms with Crippen molar-refractivity contribution in [1.29, 1.82) is 0 Å². The Bertz CT molecular complexity index is 1710. The van der Waals surface area contributed by atoms with Crippen molar-refractivity contribution in [2.45, 2.75) is 30.5 Å². The van der Waals surface area contributed by atoms with Crippen LogP contribution in [0.3, 0.4) is 0 Å². The van der Waals surface area contributed by atoms with Gasteiger partial charge in [0.1, 0.15) is 10.4 Å². The van der Waals surface area contributed by atoms with Crippen molar-refractivity contribution in [3.63, 3.8) is 0 Å². The molecule has 2 amide bonds. The topological polar surface area (TPSA) is 125 Å². The molecule has 222 valence electrons. The van der Waals surface area contributed by atoms with E-state index in [1.165, 1.54) is 4.90 Å². The highest BCUT2D eigenvalue weighted by atomic mass is 35.5. The van der Waals surface area contributed by atoms with E-state index < -0.39 is 38.9 Å². The lowest BCUT2D eigenvalue weighted by Gasteiger charge is -2.29. The van der Waals surface area contributed by atoms with Crippen LogP contribution in [-0.4, -0.2) is 78.5 Å². The number of hydrogen-bond acceptors (Lipinski definition) is 9. The third-order valence-corrected chi connectivity index (χ3v) is 10.7. The Kier molecular flexibility index (Phi) is 7.40. The van der Waals surface area contributed by atoms with Gasteiger partial charge in [-0.15, -0.1) is 11.3 Å². The third-order valence-electron chi connectivity index (χ3n) is 7.46. The average molecular weight is 641 g/mol. The molecule has 1 aromatic carbocycles. The number of halogens is 4. The molecule has 5 heterocycles. The molecule has 0 spiro atoms. The van der Waals surface area contributed by atoms with E-state index in [0.717, 1.165) is 30.2 Å². The number of thiophene rings is 1. The van der Waals surface area contributed by atoms with Crippen LogP contribution in [0.5, 0.6) is 0 Å². The van der Waals surface area contributed by atoms with Gasteiger partial charge in [0.15, 0.2) is 9.84 Å². The first-order chi connectivity index (χ1) is 19.9. The van der Waals surface area contributed by atoms with Gasteiger partial charge in [-0.3, -0.25) is 14.5 Å². The number of aromatic nitrogens is 2. The molecule has 1 unspecified atom stereocenters. The average Bonchev–Trinajstić information content (AvgIpc) is 3.36. The van der Waals surface area contributed by atoms with Gasteiger partial charge in [0, 0.05) is 51.9 Å². The third kappa shape index (κ3) is 5.57. The molecule has 16 heteroatoms. The number of nitrogens with zero attached hydrogens (tertiary/aromatic N) is 4. The lowest BCUT2D eigenvalue weighted by molar-refractivity contribution is -0.137. The summed E-state index contributed by atoms with van der Waals surface area (Å²) in [6.45, 7) is 2.10. The van der Waals surface area contributed by atoms with E-state index in [0.29, 0.717) is 47.9 Å². The van der Waals surface area contributed by atoms with Crippen molar-refractivity contribution < 1.29 is 31.2 Å². The number of anilines is 2. The minimum Gasteiger partial charge on any atom is -0.355 e. The second kappa shape index (κ2) is 10.8. The van der Waals surface area contributed by atoms with E-state index in [-0.39, 0.29) is 46.0 Å². The molecule has 3 aromatic rings. The van der Waals surface area contributed by atoms with Crippen LogP contribution in [0.4, 0.5) is 24.8 Å². The predicted octanol–water partition coefficient (Wildman–Crippen LogP) is 3.73. The summed E-state index contributed by atoms with van der Waals surface area (Å²) in [7, 11) is -4.01. The van der Waals surface area contributed by atoms with Crippen LogP contribution in [0.2, 0.25) is 5.02 Å². The van der Waals surface area contributed by atoms with E-state index in [1.54, 1.807) is 12.1 Å². The maximum Gasteiger partial charge on any atom is 0.420 e. The molecule has 42 heavy (non-hydrogen) atoms. The Labute approximate surface area is 247 Å². The van der Waals surface area contributed by atoms with Gasteiger partial charge in [-0.25, -0.2) is 18.4 Å². The zero-order valence-corrected chi connectivity index (χ0v) is 24.3. The van der Waals surface area contributed by atoms with Crippen molar-refractivity contribution in [3.05, 3.63) is 51.0 Å². The van der Waals surface area contributed by atoms with Crippen LogP contribution in [0.15, 0.2) is 29.3 Å². The van der Waals surface area contributed by atoms with Crippen molar-refractivity contribution >= 4 is 56.2 Å². The molecular weight excluding hydrogens is 617 g/mol. The molecule has 3 aliphatic rings. The van der Waals surface area contributed by atoms with Gasteiger partial charge in [0.25, 0.3) is 5.91 Å². The molecule has 2 aromatic heterocycles. The van der Waals surface area contributed by atoms with Gasteiger partial charge in [-0.1, -0.05) is 11.6 Å². The standard InChI is InChI=1S/C26H24ClF3N6O4S2/c27-17-9-14-1-4-35-6-3-31-21(37)2-5-36-7-8-42(39,40)20-11-19(41-23(20)24(36)38)22-16(26(28,29)30)12-32-25(34-22)33-18(17)10-15(14)13-35/h9-12H,1-8,13H2,(H,31,37)(H,32,33,34). The molecule has 6 rings (SSSR count). The Balaban J connectivity index is 1.49. The van der Waals surface area contributed by atoms with Gasteiger partial charge in [0.2, 0.25) is 11.9 Å². The summed E-state index contributed by atoms with van der Waals surface area (Å²) in [5, 5.41) is 6.09. The molecule has 1 atom stereocenters. The van der Waals surface area contributed by atoms with Gasteiger partial charge in [0.05, 0.1) is 31.9 Å². The molecule has 0 saturated carbocycles. The lowest BCUT2D eigenvalue weighted by atomic mass is 9.99. The number of nitrogens with one attached hydrogen (secondary N) is 2. The normalized spacial score (nSPS) is 20.6. The number of alkyl halides is 3. The van der Waals surface area contributed by atoms with Crippen LogP contribution in [0.25, 0.3) is 10.6 Å². The highest BCUT2D eigenvalue weighted by molar-refractivity contribution is 7.91. The molecule has 2 N–H and O–H groups in total. The first-order valence-corrected chi connectivity index (χ1v) is 15.9. The maximum absolute atomic E-state index is 14.1. The molecule has 0 aliphatic carbocycles. The van der Waals surface area contributed by atoms with E-state index >= 15 is 0 Å². The molecule has 10 nitrogen and oxygen atoms in total. The van der Waals surface area contributed by atoms with E-state index in [9.17, 15) is 31.2 Å². The largest absolute Gasteiger partial charge is 0.420 e. The number of sulfone groups is 1. The monoisotopic (exact) mass is 640 g/mol. The van der Waals surface area contributed by atoms with Crippen molar-refractivity contribution in [3.8, 4) is 10.6 Å². The number of rotatable bonds is 0. The minimum absolute atomic E-state index is 0.0388. The van der Waals surface area contributed by atoms with Crippen LogP contribution in [-0.2, 0) is 33.8 Å². The summed E-state index contributed by atoms with van der Waals surface area (Å²) >= 11 is 7.13. The Morgan fingerprint density at radius 3 is 2.62 bits per heavy atom. The number of carbonyl (C=O) groups excluding carboxylic acids is 2. The van der Waals surface area contributed by atoms with Gasteiger partial charge in [-0.2, -0.15) is 13.2 Å². The second-order valence-electron chi connectivity index (χ2n) is 10.2. The summed E-state index contributed by atoms with van der Waals surface area (Å²) in [5.74, 6) is -1.57. The zero-order chi connectivity index (χ0) is 29.8. The molecule has 0 saturated heterocycles. The van der Waals surface area contributed by atoms with Crippen LogP contribution >= 0.6 is 22.9 Å². The van der Waals surface area contributed by atoms with Gasteiger partial charge in [-0.05, 0) is 35.7 Å². The first-order valence-electron chi connectivity index (χ1n) is 13.1. The highest BCUT2D eigenvalue weighted by Gasteiger charge is 2.39. The van der Waals surface area contributed by atoms with E-state index in [2.05, 4.69) is 25.5 Å². The van der Waals surface area contributed by atoms with Crippen molar-refractivity contribution in [2.75, 3.05) is 43.8 Å². The van der Waals surface area contributed by atoms with Crippen molar-refractivity contribution in [1.82, 2.24) is 25.1 Å². The Hall–Kier alpha value is -3.27. The summed E-state index contributed by atoms with van der Waals surface area (Å²) in [6.07, 6.45) is -3.56. The zero-order valence-electron chi connectivity index (χ0n) is 21.9. The minimum atomic E-state index is -4.86. The fraction of sp³-hybridized carbons (Fsp3) is 0.385. The van der Waals surface area contributed by atoms with Crippen LogP contribution in [0.1, 0.15) is 32.8 Å². The second-order valence-corrected chi connectivity index (χ2v) is 13.8. The maximum atomic E-state index is 14.1. The summed E-state index contributed by atoms with van der Waals surface area (Å²) < 4.78 is 68.4. The first kappa shape index (κ1) is 28.8. The van der Waals surface area contributed by atoms with Crippen LogP contribution in [0, 0.1) is 0 Å². The summed E-state index contributed by atoms with van der Waals surface area (Å²) in [6, 6.07) is 4.66. The smallest absolute Gasteiger partial charge is 0.355 e. The molecule has 8 bridgehead atoms. The number of hydrogen-bond donors (Lipinski definition) is 2. The predicted molar refractivity (Wildman–Crippen MR) is 150 cm³/mol. The van der Waals surface area contributed by atoms with E-state index in [1.807, 2.05) is 0 Å². The van der Waals surface area contributed by atoms with E-state index in [4.69, 9.17) is 11.6 Å². The fourth-order valence-electron chi connectivity index (χ4n) is 5.23. The Morgan fingerprint density at radius 1 is 1.02 bits per heavy atom. The fourth-order valence-corrected chi connectivity index (χ4v) is 8.42. The molecule has 0 radical (unpaired) electrons. The lowest BCUT2D eigenvalue weighted by Crippen LogP contribution is -2.39. The van der Waals surface area contributed by atoms with Crippen molar-refractivity contribution in [2.24, 2.45) is 0 Å².